The molecule has 16 heavy (non-hydrogen) atoms. The van der Waals surface area contributed by atoms with Crippen molar-refractivity contribution in [1.82, 2.24) is 0 Å². The molecule has 1 saturated carbocycles. The number of rotatable bonds is 2. The maximum atomic E-state index is 11.6. The van der Waals surface area contributed by atoms with Gasteiger partial charge in [0.25, 0.3) is 0 Å². The average Bonchev–Trinajstić information content (AvgIpc) is 2.74. The average molecular weight is 214 g/mol. The summed E-state index contributed by atoms with van der Waals surface area (Å²) in [6, 6.07) is 7.25. The second-order valence-electron chi connectivity index (χ2n) is 4.14. The van der Waals surface area contributed by atoms with Crippen LogP contribution in [0.25, 0.3) is 0 Å². The molecule has 0 radical (unpaired) electrons. The Morgan fingerprint density at radius 2 is 2.19 bits per heavy atom. The van der Waals surface area contributed by atoms with E-state index in [0.29, 0.717) is 17.5 Å². The fourth-order valence-corrected chi connectivity index (χ4v) is 2.28. The van der Waals surface area contributed by atoms with Gasteiger partial charge >= 0.3 is 0 Å². The zero-order valence-electron chi connectivity index (χ0n) is 9.02. The van der Waals surface area contributed by atoms with Crippen LogP contribution in [-0.4, -0.2) is 10.9 Å². The third kappa shape index (κ3) is 1.87. The van der Waals surface area contributed by atoms with Gasteiger partial charge in [-0.25, -0.2) is 0 Å². The predicted molar refractivity (Wildman–Crippen MR) is 61.7 cm³/mol. The second kappa shape index (κ2) is 4.51. The molecule has 2 rings (SSSR count). The Hall–Kier alpha value is -1.59. The largest absolute Gasteiger partial charge is 0.388 e. The van der Waals surface area contributed by atoms with Crippen molar-refractivity contribution in [2.45, 2.75) is 25.4 Å². The van der Waals surface area contributed by atoms with Crippen LogP contribution in [0.15, 0.2) is 24.3 Å². The number of terminal acetylenes is 1. The van der Waals surface area contributed by atoms with Crippen LogP contribution in [0.5, 0.6) is 0 Å². The van der Waals surface area contributed by atoms with Gasteiger partial charge in [0.05, 0.1) is 6.10 Å². The molecule has 0 saturated heterocycles. The van der Waals surface area contributed by atoms with E-state index in [-0.39, 0.29) is 11.7 Å². The summed E-state index contributed by atoms with van der Waals surface area (Å²) < 4.78 is 0. The van der Waals surface area contributed by atoms with Gasteiger partial charge in [-0.1, -0.05) is 24.1 Å². The monoisotopic (exact) mass is 214 g/mol. The van der Waals surface area contributed by atoms with Crippen LogP contribution in [-0.2, 0) is 4.79 Å². The SMILES string of the molecule is C#Cc1ccccc1[C@H](O)[C@H]1CCCC1=O. The van der Waals surface area contributed by atoms with Crippen LogP contribution in [0.1, 0.15) is 36.5 Å². The summed E-state index contributed by atoms with van der Waals surface area (Å²) in [5.41, 5.74) is 1.37. The molecule has 0 spiro atoms. The van der Waals surface area contributed by atoms with E-state index in [1.165, 1.54) is 0 Å². The minimum absolute atomic E-state index is 0.152. The van der Waals surface area contributed by atoms with Crippen LogP contribution >= 0.6 is 0 Å². The minimum atomic E-state index is -0.748. The van der Waals surface area contributed by atoms with Gasteiger partial charge in [0.2, 0.25) is 0 Å². The number of benzene rings is 1. The Morgan fingerprint density at radius 1 is 1.44 bits per heavy atom. The first-order chi connectivity index (χ1) is 7.74. The lowest BCUT2D eigenvalue weighted by Gasteiger charge is -2.18. The maximum Gasteiger partial charge on any atom is 0.138 e. The van der Waals surface area contributed by atoms with E-state index in [2.05, 4.69) is 5.92 Å². The molecule has 1 aliphatic carbocycles. The molecule has 2 atom stereocenters. The lowest BCUT2D eigenvalue weighted by molar-refractivity contribution is -0.123. The van der Waals surface area contributed by atoms with E-state index < -0.39 is 6.10 Å². The number of hydrogen-bond acceptors (Lipinski definition) is 2. The van der Waals surface area contributed by atoms with E-state index in [1.54, 1.807) is 12.1 Å². The Morgan fingerprint density at radius 3 is 2.81 bits per heavy atom. The number of aliphatic hydroxyl groups is 1. The molecule has 0 aliphatic heterocycles. The molecule has 2 heteroatoms. The lowest BCUT2D eigenvalue weighted by atomic mass is 9.91. The number of carbonyl (C=O) groups excluding carboxylic acids is 1. The summed E-state index contributed by atoms with van der Waals surface area (Å²) in [6.07, 6.45) is 6.85. The molecule has 82 valence electrons. The fraction of sp³-hybridized carbons (Fsp3) is 0.357. The van der Waals surface area contributed by atoms with Gasteiger partial charge in [0.1, 0.15) is 5.78 Å². The van der Waals surface area contributed by atoms with Gasteiger partial charge in [-0.15, -0.1) is 6.42 Å². The molecule has 1 N–H and O–H groups in total. The van der Waals surface area contributed by atoms with Gasteiger partial charge in [-0.2, -0.15) is 0 Å². The highest BCUT2D eigenvalue weighted by atomic mass is 16.3. The van der Waals surface area contributed by atoms with Crippen molar-refractivity contribution in [3.8, 4) is 12.3 Å². The highest BCUT2D eigenvalue weighted by molar-refractivity contribution is 5.83. The summed E-state index contributed by atoms with van der Waals surface area (Å²) in [7, 11) is 0. The molecule has 0 heterocycles. The van der Waals surface area contributed by atoms with Crippen molar-refractivity contribution in [1.29, 1.82) is 0 Å². The Labute approximate surface area is 95.3 Å². The van der Waals surface area contributed by atoms with Gasteiger partial charge in [0, 0.05) is 17.9 Å². The molecular formula is C14H14O2. The number of Topliss-reactive ketones (excluding diaryl/α,β-unsaturated/α-hetero) is 1. The first-order valence-corrected chi connectivity index (χ1v) is 5.50. The first-order valence-electron chi connectivity index (χ1n) is 5.50. The summed E-state index contributed by atoms with van der Waals surface area (Å²) >= 11 is 0. The van der Waals surface area contributed by atoms with Crippen molar-refractivity contribution >= 4 is 5.78 Å². The van der Waals surface area contributed by atoms with Crippen molar-refractivity contribution < 1.29 is 9.90 Å². The molecule has 0 bridgehead atoms. The Kier molecular flexibility index (Phi) is 3.07. The third-order valence-electron chi connectivity index (χ3n) is 3.17. The zero-order valence-corrected chi connectivity index (χ0v) is 9.02. The van der Waals surface area contributed by atoms with Crippen molar-refractivity contribution in [3.05, 3.63) is 35.4 Å². The summed E-state index contributed by atoms with van der Waals surface area (Å²) in [5.74, 6) is 2.43. The van der Waals surface area contributed by atoms with Crippen LogP contribution in [0, 0.1) is 18.3 Å². The molecule has 0 aromatic heterocycles. The summed E-state index contributed by atoms with van der Waals surface area (Å²) in [5, 5.41) is 10.2. The molecule has 0 unspecified atom stereocenters. The third-order valence-corrected chi connectivity index (χ3v) is 3.17. The van der Waals surface area contributed by atoms with Gasteiger partial charge in [0.15, 0.2) is 0 Å². The Balaban J connectivity index is 2.30. The van der Waals surface area contributed by atoms with E-state index in [0.717, 1.165) is 12.8 Å². The van der Waals surface area contributed by atoms with Crippen molar-refractivity contribution in [3.63, 3.8) is 0 Å². The van der Waals surface area contributed by atoms with Gasteiger partial charge in [-0.3, -0.25) is 4.79 Å². The Bertz CT molecular complexity index is 442. The predicted octanol–water partition coefficient (Wildman–Crippen LogP) is 2.07. The second-order valence-corrected chi connectivity index (χ2v) is 4.14. The van der Waals surface area contributed by atoms with E-state index in [1.807, 2.05) is 12.1 Å². The fourth-order valence-electron chi connectivity index (χ4n) is 2.28. The van der Waals surface area contributed by atoms with E-state index in [9.17, 15) is 9.90 Å². The number of hydrogen-bond donors (Lipinski definition) is 1. The minimum Gasteiger partial charge on any atom is -0.388 e. The van der Waals surface area contributed by atoms with Crippen LogP contribution in [0.2, 0.25) is 0 Å². The summed E-state index contributed by atoms with van der Waals surface area (Å²) in [6.45, 7) is 0. The van der Waals surface area contributed by atoms with E-state index >= 15 is 0 Å². The molecule has 1 aromatic carbocycles. The first kappa shape index (κ1) is 10.9. The standard InChI is InChI=1S/C14H14O2/c1-2-10-6-3-4-7-11(10)14(16)12-8-5-9-13(12)15/h1,3-4,6-7,12,14,16H,5,8-9H2/t12-,14-/m0/s1. The topological polar surface area (TPSA) is 37.3 Å². The van der Waals surface area contributed by atoms with Gasteiger partial charge in [-0.05, 0) is 24.5 Å². The van der Waals surface area contributed by atoms with Crippen molar-refractivity contribution in [2.24, 2.45) is 5.92 Å². The quantitative estimate of drug-likeness (QED) is 0.765. The summed E-state index contributed by atoms with van der Waals surface area (Å²) in [4.78, 5) is 11.6. The number of carbonyl (C=O) groups is 1. The van der Waals surface area contributed by atoms with Gasteiger partial charge < -0.3 is 5.11 Å². The normalized spacial score (nSPS) is 21.8. The molecular weight excluding hydrogens is 200 g/mol. The number of ketones is 1. The smallest absolute Gasteiger partial charge is 0.138 e. The van der Waals surface area contributed by atoms with Crippen LogP contribution in [0.3, 0.4) is 0 Å². The maximum absolute atomic E-state index is 11.6. The number of aliphatic hydroxyl groups excluding tert-OH is 1. The van der Waals surface area contributed by atoms with Crippen LogP contribution < -0.4 is 0 Å². The van der Waals surface area contributed by atoms with Crippen LogP contribution in [0.4, 0.5) is 0 Å². The highest BCUT2D eigenvalue weighted by Crippen LogP contribution is 2.34. The highest BCUT2D eigenvalue weighted by Gasteiger charge is 2.32. The molecule has 2 nitrogen and oxygen atoms in total. The molecule has 0 amide bonds. The molecule has 1 aromatic rings. The lowest BCUT2D eigenvalue weighted by Crippen LogP contribution is -2.17. The van der Waals surface area contributed by atoms with Crippen molar-refractivity contribution in [2.75, 3.05) is 0 Å². The molecule has 1 fully saturated rings. The molecule has 1 aliphatic rings. The zero-order chi connectivity index (χ0) is 11.5. The van der Waals surface area contributed by atoms with E-state index in [4.69, 9.17) is 6.42 Å².